The van der Waals surface area contributed by atoms with Crippen LogP contribution >= 0.6 is 0 Å². The van der Waals surface area contributed by atoms with E-state index >= 15 is 0 Å². The van der Waals surface area contributed by atoms with Gasteiger partial charge in [-0.1, -0.05) is 0 Å². The van der Waals surface area contributed by atoms with E-state index in [4.69, 9.17) is 5.84 Å². The molecule has 1 heterocycles. The maximum atomic E-state index is 4.84. The number of nitrogens with one attached hydrogen (secondary N) is 1. The molecule has 4 nitrogen and oxygen atoms in total. The second-order valence-electron chi connectivity index (χ2n) is 1.29. The number of hydrogen-bond donors (Lipinski definition) is 2. The second kappa shape index (κ2) is 2.11. The Kier molecular flexibility index (Phi) is 1.27. The maximum absolute atomic E-state index is 4.84. The minimum Gasteiger partial charge on any atom is -0.344 e. The number of rotatable bonds is 1. The number of hydrazone groups is 1. The van der Waals surface area contributed by atoms with Crippen molar-refractivity contribution in [3.8, 4) is 0 Å². The molecular weight excluding hydrogens is 104 g/mol. The number of aromatic amines is 1. The largest absolute Gasteiger partial charge is 0.344 e. The van der Waals surface area contributed by atoms with Crippen LogP contribution in [-0.4, -0.2) is 16.2 Å². The van der Waals surface area contributed by atoms with E-state index < -0.39 is 0 Å². The Hall–Kier alpha value is -1.32. The normalized spacial score (nSPS) is 10.5. The van der Waals surface area contributed by atoms with Gasteiger partial charge in [0, 0.05) is 0 Å². The third-order valence-electron chi connectivity index (χ3n) is 0.733. The highest BCUT2D eigenvalue weighted by Crippen LogP contribution is 1.81. The maximum Gasteiger partial charge on any atom is 0.0924 e. The minimum atomic E-state index is 0.813. The van der Waals surface area contributed by atoms with Gasteiger partial charge in [0.1, 0.15) is 0 Å². The van der Waals surface area contributed by atoms with E-state index in [1.807, 2.05) is 0 Å². The number of hydrogen-bond acceptors (Lipinski definition) is 3. The van der Waals surface area contributed by atoms with Gasteiger partial charge in [0.15, 0.2) is 0 Å². The topological polar surface area (TPSA) is 67.1 Å². The minimum absolute atomic E-state index is 0.813. The number of imidazole rings is 1. The zero-order chi connectivity index (χ0) is 5.82. The lowest BCUT2D eigenvalue weighted by Crippen LogP contribution is -1.84. The molecule has 0 aromatic carbocycles. The van der Waals surface area contributed by atoms with E-state index in [0.29, 0.717) is 0 Å². The summed E-state index contributed by atoms with van der Waals surface area (Å²) in [6, 6.07) is 0. The molecule has 0 aliphatic rings. The first-order valence-electron chi connectivity index (χ1n) is 2.15. The highest BCUT2D eigenvalue weighted by atomic mass is 15.1. The Labute approximate surface area is 46.4 Å². The summed E-state index contributed by atoms with van der Waals surface area (Å²) in [5.74, 6) is 4.84. The molecule has 0 fully saturated rings. The van der Waals surface area contributed by atoms with Gasteiger partial charge in [-0.25, -0.2) is 4.98 Å². The van der Waals surface area contributed by atoms with Gasteiger partial charge >= 0.3 is 0 Å². The summed E-state index contributed by atoms with van der Waals surface area (Å²) >= 11 is 0. The van der Waals surface area contributed by atoms with Gasteiger partial charge in [-0.3, -0.25) is 0 Å². The number of nitrogens with two attached hydrogens (primary N) is 1. The van der Waals surface area contributed by atoms with E-state index in [2.05, 4.69) is 15.1 Å². The molecule has 3 N–H and O–H groups in total. The molecule has 0 atom stereocenters. The van der Waals surface area contributed by atoms with E-state index in [9.17, 15) is 0 Å². The highest BCUT2D eigenvalue weighted by molar-refractivity contribution is 5.75. The number of H-pyrrole nitrogens is 1. The van der Waals surface area contributed by atoms with Crippen molar-refractivity contribution in [2.45, 2.75) is 0 Å². The fourth-order valence-electron chi connectivity index (χ4n) is 0.418. The van der Waals surface area contributed by atoms with Crippen LogP contribution in [0.15, 0.2) is 17.6 Å². The van der Waals surface area contributed by atoms with E-state index in [0.717, 1.165) is 5.69 Å². The Balaban J connectivity index is 2.77. The average Bonchev–Trinajstić information content (AvgIpc) is 2.19. The van der Waals surface area contributed by atoms with Crippen LogP contribution in [0, 0.1) is 0 Å². The lowest BCUT2D eigenvalue weighted by Gasteiger charge is -1.75. The van der Waals surface area contributed by atoms with Crippen molar-refractivity contribution >= 4 is 6.21 Å². The molecule has 0 saturated carbocycles. The molecule has 4 heteroatoms. The monoisotopic (exact) mass is 110 g/mol. The van der Waals surface area contributed by atoms with E-state index in [1.165, 1.54) is 6.21 Å². The fraction of sp³-hybridized carbons (Fsp3) is 0. The van der Waals surface area contributed by atoms with Gasteiger partial charge in [-0.2, -0.15) is 5.10 Å². The van der Waals surface area contributed by atoms with Gasteiger partial charge in [0.2, 0.25) is 0 Å². The average molecular weight is 110 g/mol. The predicted molar refractivity (Wildman–Crippen MR) is 30.4 cm³/mol. The lowest BCUT2D eigenvalue weighted by atomic mass is 10.5. The molecule has 1 aromatic rings. The third kappa shape index (κ3) is 0.841. The highest BCUT2D eigenvalue weighted by Gasteiger charge is 1.81. The lowest BCUT2D eigenvalue weighted by molar-refractivity contribution is 1.25. The van der Waals surface area contributed by atoms with Gasteiger partial charge < -0.3 is 10.8 Å². The van der Waals surface area contributed by atoms with Crippen molar-refractivity contribution in [1.82, 2.24) is 9.97 Å². The first-order chi connectivity index (χ1) is 3.93. The van der Waals surface area contributed by atoms with Crippen molar-refractivity contribution in [2.75, 3.05) is 0 Å². The van der Waals surface area contributed by atoms with Gasteiger partial charge in [-0.05, 0) is 0 Å². The molecule has 0 spiro atoms. The van der Waals surface area contributed by atoms with Crippen molar-refractivity contribution in [3.63, 3.8) is 0 Å². The molecule has 0 bridgehead atoms. The SMILES string of the molecule is N/N=C\c1cnc[nH]1. The van der Waals surface area contributed by atoms with Crippen LogP contribution in [0.1, 0.15) is 5.69 Å². The molecule has 0 amide bonds. The summed E-state index contributed by atoms with van der Waals surface area (Å²) in [6.07, 6.45) is 4.69. The smallest absolute Gasteiger partial charge is 0.0924 e. The van der Waals surface area contributed by atoms with Crippen LogP contribution < -0.4 is 5.84 Å². The zero-order valence-electron chi connectivity index (χ0n) is 4.20. The molecule has 0 unspecified atom stereocenters. The summed E-state index contributed by atoms with van der Waals surface area (Å²) < 4.78 is 0. The first-order valence-corrected chi connectivity index (χ1v) is 2.15. The van der Waals surface area contributed by atoms with Crippen molar-refractivity contribution in [1.29, 1.82) is 0 Å². The predicted octanol–water partition coefficient (Wildman–Crippen LogP) is -0.298. The summed E-state index contributed by atoms with van der Waals surface area (Å²) in [5, 5.41) is 3.28. The Morgan fingerprint density at radius 2 is 2.75 bits per heavy atom. The molecule has 0 saturated heterocycles. The standard InChI is InChI=1S/C4H6N4/c5-8-2-4-1-6-3-7-4/h1-3H,5H2,(H,6,7)/b8-2-. The summed E-state index contributed by atoms with van der Waals surface area (Å²) in [5.41, 5.74) is 0.813. The van der Waals surface area contributed by atoms with Gasteiger partial charge in [-0.15, -0.1) is 0 Å². The fourth-order valence-corrected chi connectivity index (χ4v) is 0.418. The Morgan fingerprint density at radius 3 is 3.25 bits per heavy atom. The first kappa shape index (κ1) is 4.83. The van der Waals surface area contributed by atoms with Gasteiger partial charge in [0.05, 0.1) is 24.4 Å². The molecule has 0 aliphatic heterocycles. The van der Waals surface area contributed by atoms with Crippen LogP contribution in [0.3, 0.4) is 0 Å². The van der Waals surface area contributed by atoms with Crippen LogP contribution in [0.2, 0.25) is 0 Å². The summed E-state index contributed by atoms with van der Waals surface area (Å²) in [7, 11) is 0. The Bertz CT molecular complexity index is 164. The molecule has 42 valence electrons. The van der Waals surface area contributed by atoms with E-state index in [-0.39, 0.29) is 0 Å². The molecule has 8 heavy (non-hydrogen) atoms. The number of nitrogens with zero attached hydrogens (tertiary/aromatic N) is 2. The van der Waals surface area contributed by atoms with Crippen LogP contribution in [0.4, 0.5) is 0 Å². The van der Waals surface area contributed by atoms with Crippen molar-refractivity contribution in [2.24, 2.45) is 10.9 Å². The third-order valence-corrected chi connectivity index (χ3v) is 0.733. The zero-order valence-corrected chi connectivity index (χ0v) is 4.20. The second-order valence-corrected chi connectivity index (χ2v) is 1.29. The number of aromatic nitrogens is 2. The molecule has 1 rings (SSSR count). The molecule has 1 aromatic heterocycles. The van der Waals surface area contributed by atoms with Crippen LogP contribution in [-0.2, 0) is 0 Å². The quantitative estimate of drug-likeness (QED) is 0.296. The molecular formula is C4H6N4. The van der Waals surface area contributed by atoms with Crippen LogP contribution in [0.25, 0.3) is 0 Å². The Morgan fingerprint density at radius 1 is 1.88 bits per heavy atom. The van der Waals surface area contributed by atoms with Crippen molar-refractivity contribution < 1.29 is 0 Å². The molecule has 0 radical (unpaired) electrons. The van der Waals surface area contributed by atoms with Crippen LogP contribution in [0.5, 0.6) is 0 Å². The van der Waals surface area contributed by atoms with Gasteiger partial charge in [0.25, 0.3) is 0 Å². The summed E-state index contributed by atoms with van der Waals surface area (Å²) in [4.78, 5) is 6.54. The summed E-state index contributed by atoms with van der Waals surface area (Å²) in [6.45, 7) is 0. The van der Waals surface area contributed by atoms with Crippen molar-refractivity contribution in [3.05, 3.63) is 18.2 Å². The van der Waals surface area contributed by atoms with E-state index in [1.54, 1.807) is 12.5 Å². The molecule has 0 aliphatic carbocycles.